The van der Waals surface area contributed by atoms with Crippen LogP contribution in [0, 0.1) is 5.92 Å². The van der Waals surface area contributed by atoms with Crippen molar-refractivity contribution in [1.82, 2.24) is 4.90 Å². The van der Waals surface area contributed by atoms with Gasteiger partial charge in [-0.3, -0.25) is 4.90 Å². The Bertz CT molecular complexity index is 209. The molecule has 88 valence electrons. The highest BCUT2D eigenvalue weighted by Gasteiger charge is 2.38. The summed E-state index contributed by atoms with van der Waals surface area (Å²) in [7, 11) is 0. The highest BCUT2D eigenvalue weighted by atomic mass is 16.5. The van der Waals surface area contributed by atoms with Gasteiger partial charge in [0, 0.05) is 24.7 Å². The Hall–Kier alpha value is -0.160. The van der Waals surface area contributed by atoms with E-state index in [-0.39, 0.29) is 18.7 Å². The standard InChI is InChI=1S/C11H22N2O2/c1-8-7-15-5-4-13(8)10(6-14)11(12)9-2-3-9/h8-11,14H,2-7,12H2,1H3. The highest BCUT2D eigenvalue weighted by Crippen LogP contribution is 2.34. The van der Waals surface area contributed by atoms with Crippen LogP contribution in [0.2, 0.25) is 0 Å². The van der Waals surface area contributed by atoms with Gasteiger partial charge in [0.2, 0.25) is 0 Å². The molecule has 1 aliphatic heterocycles. The van der Waals surface area contributed by atoms with Crippen molar-refractivity contribution in [2.75, 3.05) is 26.4 Å². The van der Waals surface area contributed by atoms with Crippen LogP contribution in [-0.2, 0) is 4.74 Å². The van der Waals surface area contributed by atoms with Crippen molar-refractivity contribution in [2.45, 2.75) is 37.9 Å². The van der Waals surface area contributed by atoms with E-state index < -0.39 is 0 Å². The van der Waals surface area contributed by atoms with Gasteiger partial charge >= 0.3 is 0 Å². The highest BCUT2D eigenvalue weighted by molar-refractivity contribution is 4.94. The van der Waals surface area contributed by atoms with Crippen molar-refractivity contribution in [3.63, 3.8) is 0 Å². The van der Waals surface area contributed by atoms with Gasteiger partial charge in [-0.05, 0) is 25.7 Å². The number of aliphatic hydroxyl groups is 1. The molecule has 1 heterocycles. The van der Waals surface area contributed by atoms with Crippen LogP contribution in [-0.4, -0.2) is 54.5 Å². The van der Waals surface area contributed by atoms with Crippen molar-refractivity contribution in [3.05, 3.63) is 0 Å². The lowest BCUT2D eigenvalue weighted by molar-refractivity contribution is -0.0405. The summed E-state index contributed by atoms with van der Waals surface area (Å²) in [6.45, 7) is 4.72. The third-order valence-electron chi connectivity index (χ3n) is 3.64. The van der Waals surface area contributed by atoms with Crippen molar-refractivity contribution >= 4 is 0 Å². The number of morpholine rings is 1. The summed E-state index contributed by atoms with van der Waals surface area (Å²) in [5, 5.41) is 9.48. The minimum Gasteiger partial charge on any atom is -0.395 e. The van der Waals surface area contributed by atoms with Crippen LogP contribution in [0.25, 0.3) is 0 Å². The Morgan fingerprint density at radius 3 is 2.80 bits per heavy atom. The fourth-order valence-electron chi connectivity index (χ4n) is 2.48. The Balaban J connectivity index is 1.96. The summed E-state index contributed by atoms with van der Waals surface area (Å²) in [5.41, 5.74) is 6.18. The fourth-order valence-corrected chi connectivity index (χ4v) is 2.48. The lowest BCUT2D eigenvalue weighted by atomic mass is 10.0. The lowest BCUT2D eigenvalue weighted by Crippen LogP contribution is -2.58. The summed E-state index contributed by atoms with van der Waals surface area (Å²) in [6, 6.07) is 0.632. The topological polar surface area (TPSA) is 58.7 Å². The normalized spacial score (nSPS) is 32.6. The third-order valence-corrected chi connectivity index (χ3v) is 3.64. The number of ether oxygens (including phenoxy) is 1. The molecule has 2 aliphatic rings. The summed E-state index contributed by atoms with van der Waals surface area (Å²) in [6.07, 6.45) is 2.47. The Morgan fingerprint density at radius 1 is 1.53 bits per heavy atom. The smallest absolute Gasteiger partial charge is 0.0619 e. The Labute approximate surface area is 91.4 Å². The second kappa shape index (κ2) is 4.78. The molecule has 0 aromatic heterocycles. The maximum absolute atomic E-state index is 9.48. The first-order chi connectivity index (χ1) is 7.24. The zero-order valence-corrected chi connectivity index (χ0v) is 9.43. The molecular weight excluding hydrogens is 192 g/mol. The molecule has 1 saturated heterocycles. The molecule has 2 fully saturated rings. The molecule has 3 N–H and O–H groups in total. The van der Waals surface area contributed by atoms with Crippen molar-refractivity contribution in [2.24, 2.45) is 11.7 Å². The third kappa shape index (κ3) is 2.50. The van der Waals surface area contributed by atoms with Crippen molar-refractivity contribution in [1.29, 1.82) is 0 Å². The van der Waals surface area contributed by atoms with Crippen LogP contribution in [0.4, 0.5) is 0 Å². The second-order valence-electron chi connectivity index (χ2n) is 4.83. The Kier molecular flexibility index (Phi) is 3.61. The molecule has 3 atom stereocenters. The minimum absolute atomic E-state index is 0.122. The SMILES string of the molecule is CC1COCCN1C(CO)C(N)C1CC1. The molecule has 4 nitrogen and oxygen atoms in total. The van der Waals surface area contributed by atoms with Crippen molar-refractivity contribution in [3.8, 4) is 0 Å². The van der Waals surface area contributed by atoms with E-state index in [1.807, 2.05) is 0 Å². The number of nitrogens with zero attached hydrogens (tertiary/aromatic N) is 1. The van der Waals surface area contributed by atoms with E-state index in [1.54, 1.807) is 0 Å². The summed E-state index contributed by atoms with van der Waals surface area (Å²) in [5.74, 6) is 0.636. The van der Waals surface area contributed by atoms with Gasteiger partial charge in [0.25, 0.3) is 0 Å². The number of hydrogen-bond acceptors (Lipinski definition) is 4. The minimum atomic E-state index is 0.122. The fraction of sp³-hybridized carbons (Fsp3) is 1.00. The molecule has 0 spiro atoms. The van der Waals surface area contributed by atoms with Crippen LogP contribution in [0.3, 0.4) is 0 Å². The Morgan fingerprint density at radius 2 is 2.27 bits per heavy atom. The summed E-state index contributed by atoms with van der Waals surface area (Å²) in [4.78, 5) is 2.31. The molecule has 1 saturated carbocycles. The molecule has 0 aromatic rings. The average molecular weight is 214 g/mol. The van der Waals surface area contributed by atoms with E-state index in [0.717, 1.165) is 19.8 Å². The second-order valence-corrected chi connectivity index (χ2v) is 4.83. The predicted octanol–water partition coefficient (Wildman–Crippen LogP) is -0.195. The van der Waals surface area contributed by atoms with Gasteiger partial charge in [0.1, 0.15) is 0 Å². The first kappa shape index (κ1) is 11.3. The van der Waals surface area contributed by atoms with Crippen molar-refractivity contribution < 1.29 is 9.84 Å². The zero-order chi connectivity index (χ0) is 10.8. The summed E-state index contributed by atoms with van der Waals surface area (Å²) >= 11 is 0. The van der Waals surface area contributed by atoms with Gasteiger partial charge in [-0.15, -0.1) is 0 Å². The number of rotatable bonds is 4. The molecular formula is C11H22N2O2. The van der Waals surface area contributed by atoms with Crippen LogP contribution in [0.5, 0.6) is 0 Å². The van der Waals surface area contributed by atoms with Gasteiger partial charge < -0.3 is 15.6 Å². The molecule has 3 unspecified atom stereocenters. The predicted molar refractivity (Wildman–Crippen MR) is 58.6 cm³/mol. The van der Waals surface area contributed by atoms with Gasteiger partial charge in [-0.1, -0.05) is 0 Å². The van der Waals surface area contributed by atoms with E-state index in [9.17, 15) is 5.11 Å². The monoisotopic (exact) mass is 214 g/mol. The molecule has 2 rings (SSSR count). The first-order valence-corrected chi connectivity index (χ1v) is 5.94. The van der Waals surface area contributed by atoms with Crippen LogP contribution in [0.1, 0.15) is 19.8 Å². The summed E-state index contributed by atoms with van der Waals surface area (Å²) < 4.78 is 5.40. The maximum Gasteiger partial charge on any atom is 0.0619 e. The molecule has 0 amide bonds. The van der Waals surface area contributed by atoms with Gasteiger partial charge in [-0.2, -0.15) is 0 Å². The number of hydrogen-bond donors (Lipinski definition) is 2. The van der Waals surface area contributed by atoms with E-state index in [0.29, 0.717) is 12.0 Å². The molecule has 15 heavy (non-hydrogen) atoms. The largest absolute Gasteiger partial charge is 0.395 e. The van der Waals surface area contributed by atoms with Crippen LogP contribution < -0.4 is 5.73 Å². The average Bonchev–Trinajstić information content (AvgIpc) is 3.05. The first-order valence-electron chi connectivity index (χ1n) is 5.94. The molecule has 1 aliphatic carbocycles. The molecule has 0 radical (unpaired) electrons. The number of aliphatic hydroxyl groups excluding tert-OH is 1. The van der Waals surface area contributed by atoms with E-state index in [4.69, 9.17) is 10.5 Å². The van der Waals surface area contributed by atoms with Crippen LogP contribution >= 0.6 is 0 Å². The van der Waals surface area contributed by atoms with Crippen LogP contribution in [0.15, 0.2) is 0 Å². The quantitative estimate of drug-likeness (QED) is 0.681. The zero-order valence-electron chi connectivity index (χ0n) is 9.43. The maximum atomic E-state index is 9.48. The van der Waals surface area contributed by atoms with Gasteiger partial charge in [0.05, 0.1) is 19.8 Å². The van der Waals surface area contributed by atoms with Gasteiger partial charge in [0.15, 0.2) is 0 Å². The molecule has 4 heteroatoms. The van der Waals surface area contributed by atoms with E-state index in [1.165, 1.54) is 12.8 Å². The van der Waals surface area contributed by atoms with Gasteiger partial charge in [-0.25, -0.2) is 0 Å². The van der Waals surface area contributed by atoms with E-state index >= 15 is 0 Å². The van der Waals surface area contributed by atoms with E-state index in [2.05, 4.69) is 11.8 Å². The number of nitrogens with two attached hydrogens (primary N) is 1. The lowest BCUT2D eigenvalue weighted by Gasteiger charge is -2.41. The molecule has 0 aromatic carbocycles. The molecule has 0 bridgehead atoms.